The third-order valence-electron chi connectivity index (χ3n) is 3.13. The first-order valence-electron chi connectivity index (χ1n) is 6.47. The molecule has 6 heteroatoms. The highest BCUT2D eigenvalue weighted by molar-refractivity contribution is 5.91. The second-order valence-electron chi connectivity index (χ2n) is 4.84. The lowest BCUT2D eigenvalue weighted by atomic mass is 10.2. The summed E-state index contributed by atoms with van der Waals surface area (Å²) in [5.41, 5.74) is 2.82. The predicted octanol–water partition coefficient (Wildman–Crippen LogP) is 3.02. The summed E-state index contributed by atoms with van der Waals surface area (Å²) in [7, 11) is 0. The van der Waals surface area contributed by atoms with Gasteiger partial charge >= 0.3 is 5.97 Å². The molecular formula is C15H14N4O2. The van der Waals surface area contributed by atoms with Gasteiger partial charge in [-0.05, 0) is 44.2 Å². The van der Waals surface area contributed by atoms with Crippen LogP contribution in [-0.2, 0) is 0 Å². The number of carboxylic acids is 1. The normalized spacial score (nSPS) is 10.8. The molecule has 0 radical (unpaired) electrons. The Balaban J connectivity index is 1.99. The molecule has 3 aromatic rings. The molecule has 0 amide bonds. The van der Waals surface area contributed by atoms with E-state index in [4.69, 9.17) is 5.11 Å². The summed E-state index contributed by atoms with van der Waals surface area (Å²) in [5, 5.41) is 13.0. The fourth-order valence-corrected chi connectivity index (χ4v) is 2.18. The minimum absolute atomic E-state index is 0.252. The number of benzene rings is 1. The minimum Gasteiger partial charge on any atom is -0.478 e. The van der Waals surface area contributed by atoms with Crippen LogP contribution < -0.4 is 5.32 Å². The van der Waals surface area contributed by atoms with E-state index in [1.54, 1.807) is 24.3 Å². The van der Waals surface area contributed by atoms with Crippen LogP contribution in [0.5, 0.6) is 0 Å². The number of carboxylic acid groups (broad SMARTS) is 1. The molecule has 1 aromatic carbocycles. The maximum absolute atomic E-state index is 10.8. The number of H-pyrrole nitrogens is 1. The van der Waals surface area contributed by atoms with Gasteiger partial charge in [-0.2, -0.15) is 0 Å². The van der Waals surface area contributed by atoms with Gasteiger partial charge in [-0.3, -0.25) is 0 Å². The molecule has 0 unspecified atom stereocenters. The summed E-state index contributed by atoms with van der Waals surface area (Å²) in [6.45, 7) is 3.79. The summed E-state index contributed by atoms with van der Waals surface area (Å²) < 4.78 is 0. The van der Waals surface area contributed by atoms with E-state index in [0.29, 0.717) is 11.6 Å². The van der Waals surface area contributed by atoms with Crippen LogP contribution in [0.3, 0.4) is 0 Å². The summed E-state index contributed by atoms with van der Waals surface area (Å²) >= 11 is 0. The number of anilines is 2. The Hall–Kier alpha value is -2.89. The molecule has 21 heavy (non-hydrogen) atoms. The Bertz CT molecular complexity index is 822. The maximum atomic E-state index is 10.8. The van der Waals surface area contributed by atoms with Gasteiger partial charge in [0.2, 0.25) is 0 Å². The highest BCUT2D eigenvalue weighted by Gasteiger charge is 2.09. The quantitative estimate of drug-likeness (QED) is 0.687. The largest absolute Gasteiger partial charge is 0.478 e. The van der Waals surface area contributed by atoms with Crippen molar-refractivity contribution in [3.63, 3.8) is 0 Å². The van der Waals surface area contributed by atoms with E-state index in [2.05, 4.69) is 20.3 Å². The zero-order chi connectivity index (χ0) is 15.0. The van der Waals surface area contributed by atoms with Crippen LogP contribution in [0.1, 0.15) is 21.9 Å². The van der Waals surface area contributed by atoms with Crippen molar-refractivity contribution in [2.45, 2.75) is 13.8 Å². The van der Waals surface area contributed by atoms with E-state index in [1.807, 2.05) is 19.9 Å². The second-order valence-corrected chi connectivity index (χ2v) is 4.84. The van der Waals surface area contributed by atoms with Crippen molar-refractivity contribution >= 4 is 28.5 Å². The molecule has 0 saturated heterocycles. The van der Waals surface area contributed by atoms with E-state index in [-0.39, 0.29) is 5.56 Å². The fraction of sp³-hybridized carbons (Fsp3) is 0.133. The van der Waals surface area contributed by atoms with Crippen molar-refractivity contribution in [1.82, 2.24) is 15.0 Å². The smallest absolute Gasteiger partial charge is 0.335 e. The number of hydrogen-bond acceptors (Lipinski definition) is 4. The number of carbonyl (C=O) groups is 1. The first-order valence-corrected chi connectivity index (χ1v) is 6.47. The number of aromatic amines is 1. The minimum atomic E-state index is -0.942. The Morgan fingerprint density at radius 1 is 1.19 bits per heavy atom. The highest BCUT2D eigenvalue weighted by Crippen LogP contribution is 2.24. The molecule has 0 atom stereocenters. The van der Waals surface area contributed by atoms with Gasteiger partial charge in [-0.25, -0.2) is 14.8 Å². The van der Waals surface area contributed by atoms with Crippen molar-refractivity contribution in [3.05, 3.63) is 47.4 Å². The zero-order valence-corrected chi connectivity index (χ0v) is 11.6. The molecule has 0 aliphatic carbocycles. The van der Waals surface area contributed by atoms with Gasteiger partial charge in [0.15, 0.2) is 0 Å². The highest BCUT2D eigenvalue weighted by atomic mass is 16.4. The van der Waals surface area contributed by atoms with Crippen LogP contribution in [0, 0.1) is 13.8 Å². The summed E-state index contributed by atoms with van der Waals surface area (Å²) in [5.74, 6) is 0.419. The number of aromatic nitrogens is 3. The molecule has 6 nitrogen and oxygen atoms in total. The van der Waals surface area contributed by atoms with Crippen molar-refractivity contribution in [1.29, 1.82) is 0 Å². The Morgan fingerprint density at radius 2 is 1.90 bits per heavy atom. The van der Waals surface area contributed by atoms with E-state index in [9.17, 15) is 4.79 Å². The van der Waals surface area contributed by atoms with Crippen molar-refractivity contribution in [3.8, 4) is 0 Å². The van der Waals surface area contributed by atoms with Crippen LogP contribution in [0.25, 0.3) is 11.0 Å². The number of aryl methyl sites for hydroxylation is 2. The number of hydrogen-bond donors (Lipinski definition) is 3. The monoisotopic (exact) mass is 282 g/mol. The van der Waals surface area contributed by atoms with Gasteiger partial charge in [0, 0.05) is 11.4 Å². The summed E-state index contributed by atoms with van der Waals surface area (Å²) in [6, 6.07) is 8.51. The number of rotatable bonds is 3. The lowest BCUT2D eigenvalue weighted by Gasteiger charge is -2.07. The van der Waals surface area contributed by atoms with Crippen LogP contribution >= 0.6 is 0 Å². The van der Waals surface area contributed by atoms with Gasteiger partial charge in [-0.1, -0.05) is 0 Å². The van der Waals surface area contributed by atoms with Crippen molar-refractivity contribution in [2.75, 3.05) is 5.32 Å². The van der Waals surface area contributed by atoms with Crippen molar-refractivity contribution in [2.24, 2.45) is 0 Å². The lowest BCUT2D eigenvalue weighted by Crippen LogP contribution is -1.99. The molecule has 0 bridgehead atoms. The van der Waals surface area contributed by atoms with E-state index in [1.165, 1.54) is 0 Å². The average molecular weight is 282 g/mol. The predicted molar refractivity (Wildman–Crippen MR) is 80.0 cm³/mol. The molecule has 0 spiro atoms. The van der Waals surface area contributed by atoms with Crippen LogP contribution in [0.15, 0.2) is 30.3 Å². The summed E-state index contributed by atoms with van der Waals surface area (Å²) in [4.78, 5) is 22.8. The number of nitrogens with zero attached hydrogens (tertiary/aromatic N) is 2. The first kappa shape index (κ1) is 13.1. The summed E-state index contributed by atoms with van der Waals surface area (Å²) in [6.07, 6.45) is 0. The molecule has 3 rings (SSSR count). The molecule has 2 aromatic heterocycles. The molecule has 0 fully saturated rings. The molecule has 3 N–H and O–H groups in total. The van der Waals surface area contributed by atoms with Gasteiger partial charge in [-0.15, -0.1) is 0 Å². The van der Waals surface area contributed by atoms with E-state index in [0.717, 1.165) is 22.4 Å². The lowest BCUT2D eigenvalue weighted by molar-refractivity contribution is 0.0697. The van der Waals surface area contributed by atoms with Gasteiger partial charge in [0.1, 0.15) is 17.3 Å². The zero-order valence-electron chi connectivity index (χ0n) is 11.6. The van der Waals surface area contributed by atoms with E-state index >= 15 is 0 Å². The standard InChI is InChI=1S/C15H14N4O2/c1-8-7-12-13(16-8)17-9(2)18-14(12)19-11-5-3-10(4-6-11)15(20)21/h3-7H,1-2H3,(H,20,21)(H2,16,17,18,19). The molecular weight excluding hydrogens is 268 g/mol. The third kappa shape index (κ3) is 2.55. The number of nitrogens with one attached hydrogen (secondary N) is 2. The molecule has 0 saturated carbocycles. The van der Waals surface area contributed by atoms with Crippen LogP contribution in [0.2, 0.25) is 0 Å². The van der Waals surface area contributed by atoms with Gasteiger partial charge in [0.05, 0.1) is 10.9 Å². The van der Waals surface area contributed by atoms with Crippen LogP contribution in [0.4, 0.5) is 11.5 Å². The Labute approximate surface area is 120 Å². The number of fused-ring (bicyclic) bond motifs is 1. The molecule has 106 valence electrons. The van der Waals surface area contributed by atoms with E-state index < -0.39 is 5.97 Å². The Kier molecular flexibility index (Phi) is 3.06. The number of aromatic carboxylic acids is 1. The molecule has 0 aliphatic rings. The molecule has 0 aliphatic heterocycles. The fourth-order valence-electron chi connectivity index (χ4n) is 2.18. The van der Waals surface area contributed by atoms with Gasteiger partial charge in [0.25, 0.3) is 0 Å². The van der Waals surface area contributed by atoms with Crippen molar-refractivity contribution < 1.29 is 9.90 Å². The maximum Gasteiger partial charge on any atom is 0.335 e. The Morgan fingerprint density at radius 3 is 2.57 bits per heavy atom. The second kappa shape index (κ2) is 4.90. The topological polar surface area (TPSA) is 90.9 Å². The average Bonchev–Trinajstić information content (AvgIpc) is 2.79. The SMILES string of the molecule is Cc1nc(Nc2ccc(C(=O)O)cc2)c2cc(C)[nH]c2n1. The van der Waals surface area contributed by atoms with Crippen LogP contribution in [-0.4, -0.2) is 26.0 Å². The third-order valence-corrected chi connectivity index (χ3v) is 3.13. The first-order chi connectivity index (χ1) is 10.0. The molecule has 2 heterocycles. The van der Waals surface area contributed by atoms with Gasteiger partial charge < -0.3 is 15.4 Å².